The Bertz CT molecular complexity index is 1190. The molecule has 6 nitrogen and oxygen atoms in total. The Morgan fingerprint density at radius 1 is 1.12 bits per heavy atom. The summed E-state index contributed by atoms with van der Waals surface area (Å²) in [5.41, 5.74) is 3.08. The van der Waals surface area contributed by atoms with Gasteiger partial charge in [0.1, 0.15) is 0 Å². The second-order valence-corrected chi connectivity index (χ2v) is 8.88. The lowest BCUT2D eigenvalue weighted by Crippen LogP contribution is -2.37. The number of nitrogens with one attached hydrogen (secondary N) is 2. The molecule has 1 aromatic heterocycles. The summed E-state index contributed by atoms with van der Waals surface area (Å²) >= 11 is 6.78. The Hall–Kier alpha value is -3.03. The van der Waals surface area contributed by atoms with E-state index in [1.165, 1.54) is 15.8 Å². The number of carbonyl (C=O) groups is 3. The molecular weight excluding hydrogens is 446 g/mol. The predicted molar refractivity (Wildman–Crippen MR) is 128 cm³/mol. The molecule has 32 heavy (non-hydrogen) atoms. The van der Waals surface area contributed by atoms with Crippen molar-refractivity contribution in [1.82, 2.24) is 15.2 Å². The number of benzene rings is 2. The van der Waals surface area contributed by atoms with Crippen LogP contribution >= 0.6 is 23.4 Å². The van der Waals surface area contributed by atoms with Gasteiger partial charge in [-0.25, -0.2) is 0 Å². The van der Waals surface area contributed by atoms with Gasteiger partial charge in [-0.15, -0.1) is 0 Å². The van der Waals surface area contributed by atoms with Gasteiger partial charge in [0.25, 0.3) is 11.1 Å². The van der Waals surface area contributed by atoms with Crippen LogP contribution in [-0.2, 0) is 16.0 Å². The Morgan fingerprint density at radius 3 is 2.72 bits per heavy atom. The van der Waals surface area contributed by atoms with Crippen LogP contribution in [0.5, 0.6) is 0 Å². The molecule has 3 amide bonds. The largest absolute Gasteiger partial charge is 0.361 e. The normalized spacial score (nSPS) is 15.2. The number of carbonyl (C=O) groups excluding carboxylic acids is 3. The number of aromatic amines is 1. The van der Waals surface area contributed by atoms with E-state index in [1.54, 1.807) is 30.3 Å². The van der Waals surface area contributed by atoms with Gasteiger partial charge in [-0.3, -0.25) is 19.3 Å². The highest BCUT2D eigenvalue weighted by atomic mass is 35.5. The average molecular weight is 468 g/mol. The molecule has 164 valence electrons. The standard InChI is InChI=1S/C24H22ClN3O3S/c25-18-10-8-16(9-11-18)14-21-23(30)28(24(31)32-21)13-12-26-22(29)7-3-4-17-15-27-20-6-2-1-5-19(17)20/h1-2,5-6,8-11,14-15,27H,3-4,7,12-13H2,(H,26,29)/b21-14-. The summed E-state index contributed by atoms with van der Waals surface area (Å²) in [4.78, 5) is 41.7. The Balaban J connectivity index is 1.22. The second kappa shape index (κ2) is 10.1. The van der Waals surface area contributed by atoms with E-state index in [2.05, 4.69) is 16.4 Å². The number of para-hydroxylation sites is 1. The van der Waals surface area contributed by atoms with Crippen molar-refractivity contribution in [2.75, 3.05) is 13.1 Å². The highest BCUT2D eigenvalue weighted by Crippen LogP contribution is 2.32. The molecule has 1 aliphatic heterocycles. The minimum Gasteiger partial charge on any atom is -0.361 e. The number of aryl methyl sites for hydroxylation is 1. The predicted octanol–water partition coefficient (Wildman–Crippen LogP) is 5.00. The monoisotopic (exact) mass is 467 g/mol. The van der Waals surface area contributed by atoms with Gasteiger partial charge < -0.3 is 10.3 Å². The van der Waals surface area contributed by atoms with Crippen molar-refractivity contribution in [2.45, 2.75) is 19.3 Å². The van der Waals surface area contributed by atoms with Crippen LogP contribution in [0.25, 0.3) is 17.0 Å². The van der Waals surface area contributed by atoms with Crippen molar-refractivity contribution in [1.29, 1.82) is 0 Å². The number of aromatic nitrogens is 1. The molecule has 0 saturated carbocycles. The van der Waals surface area contributed by atoms with Gasteiger partial charge in [-0.1, -0.05) is 41.9 Å². The number of imide groups is 1. The third kappa shape index (κ3) is 5.23. The lowest BCUT2D eigenvalue weighted by Gasteiger charge is -2.13. The summed E-state index contributed by atoms with van der Waals surface area (Å²) in [6.07, 6.45) is 5.57. The Labute approximate surface area is 195 Å². The van der Waals surface area contributed by atoms with Gasteiger partial charge in [0, 0.05) is 41.6 Å². The van der Waals surface area contributed by atoms with Crippen LogP contribution in [0.3, 0.4) is 0 Å². The van der Waals surface area contributed by atoms with Crippen LogP contribution in [0.1, 0.15) is 24.0 Å². The number of hydrogen-bond acceptors (Lipinski definition) is 4. The van der Waals surface area contributed by atoms with Gasteiger partial charge >= 0.3 is 0 Å². The number of H-pyrrole nitrogens is 1. The first-order valence-electron chi connectivity index (χ1n) is 10.3. The third-order valence-electron chi connectivity index (χ3n) is 5.22. The number of thioether (sulfide) groups is 1. The fourth-order valence-corrected chi connectivity index (χ4v) is 4.57. The molecule has 0 radical (unpaired) electrons. The highest BCUT2D eigenvalue weighted by molar-refractivity contribution is 8.18. The summed E-state index contributed by atoms with van der Waals surface area (Å²) in [5, 5.41) is 4.26. The quantitative estimate of drug-likeness (QED) is 0.457. The van der Waals surface area contributed by atoms with E-state index >= 15 is 0 Å². The van der Waals surface area contributed by atoms with Crippen LogP contribution in [0.2, 0.25) is 5.02 Å². The Morgan fingerprint density at radius 2 is 1.91 bits per heavy atom. The zero-order chi connectivity index (χ0) is 22.5. The maximum atomic E-state index is 12.5. The van der Waals surface area contributed by atoms with Crippen LogP contribution in [0.15, 0.2) is 59.6 Å². The first kappa shape index (κ1) is 22.2. The zero-order valence-corrected chi connectivity index (χ0v) is 18.8. The summed E-state index contributed by atoms with van der Waals surface area (Å²) in [6, 6.07) is 15.1. The average Bonchev–Trinajstić information content (AvgIpc) is 3.31. The molecule has 1 saturated heterocycles. The molecule has 8 heteroatoms. The minimum atomic E-state index is -0.344. The van der Waals surface area contributed by atoms with Crippen LogP contribution in [0.4, 0.5) is 4.79 Å². The molecule has 1 aliphatic rings. The van der Waals surface area contributed by atoms with Gasteiger partial charge in [0.05, 0.1) is 4.91 Å². The van der Waals surface area contributed by atoms with Crippen molar-refractivity contribution in [3.63, 3.8) is 0 Å². The molecular formula is C24H22ClN3O3S. The van der Waals surface area contributed by atoms with Gasteiger partial charge in [-0.05, 0) is 60.0 Å². The first-order valence-corrected chi connectivity index (χ1v) is 11.5. The van der Waals surface area contributed by atoms with Crippen LogP contribution < -0.4 is 5.32 Å². The molecule has 4 rings (SSSR count). The molecule has 2 heterocycles. The van der Waals surface area contributed by atoms with Gasteiger partial charge in [0.15, 0.2) is 0 Å². The fourth-order valence-electron chi connectivity index (χ4n) is 3.58. The fraction of sp³-hybridized carbons (Fsp3) is 0.208. The SMILES string of the molecule is O=C(CCCc1c[nH]c2ccccc12)NCCN1C(=O)S/C(=C\c2ccc(Cl)cc2)C1=O. The van der Waals surface area contributed by atoms with E-state index in [9.17, 15) is 14.4 Å². The number of amides is 3. The van der Waals surface area contributed by atoms with Gasteiger partial charge in [0.2, 0.25) is 5.91 Å². The lowest BCUT2D eigenvalue weighted by atomic mass is 10.1. The maximum absolute atomic E-state index is 12.5. The van der Waals surface area contributed by atoms with Crippen molar-refractivity contribution in [2.24, 2.45) is 0 Å². The summed E-state index contributed by atoms with van der Waals surface area (Å²) in [7, 11) is 0. The van der Waals surface area contributed by atoms with Crippen molar-refractivity contribution in [3.05, 3.63) is 75.8 Å². The molecule has 0 atom stereocenters. The zero-order valence-electron chi connectivity index (χ0n) is 17.3. The smallest absolute Gasteiger partial charge is 0.293 e. The first-order chi connectivity index (χ1) is 15.5. The Kier molecular flexibility index (Phi) is 6.97. The van der Waals surface area contributed by atoms with E-state index in [1.807, 2.05) is 24.4 Å². The van der Waals surface area contributed by atoms with Crippen LogP contribution in [-0.4, -0.2) is 40.0 Å². The molecule has 2 aromatic carbocycles. The number of halogens is 1. The van der Waals surface area contributed by atoms with E-state index in [-0.39, 0.29) is 30.1 Å². The third-order valence-corrected chi connectivity index (χ3v) is 6.38. The summed E-state index contributed by atoms with van der Waals surface area (Å²) in [5.74, 6) is -0.433. The highest BCUT2D eigenvalue weighted by Gasteiger charge is 2.34. The van der Waals surface area contributed by atoms with Crippen molar-refractivity contribution in [3.8, 4) is 0 Å². The van der Waals surface area contributed by atoms with Crippen LogP contribution in [0, 0.1) is 0 Å². The molecule has 0 aliphatic carbocycles. The number of fused-ring (bicyclic) bond motifs is 1. The molecule has 0 spiro atoms. The molecule has 2 N–H and O–H groups in total. The molecule has 0 bridgehead atoms. The van der Waals surface area contributed by atoms with E-state index in [4.69, 9.17) is 11.6 Å². The number of nitrogens with zero attached hydrogens (tertiary/aromatic N) is 1. The summed E-state index contributed by atoms with van der Waals surface area (Å²) < 4.78 is 0. The van der Waals surface area contributed by atoms with Crippen molar-refractivity contribution >= 4 is 57.4 Å². The second-order valence-electron chi connectivity index (χ2n) is 7.45. The van der Waals surface area contributed by atoms with Gasteiger partial charge in [-0.2, -0.15) is 0 Å². The topological polar surface area (TPSA) is 82.3 Å². The summed E-state index contributed by atoms with van der Waals surface area (Å²) in [6.45, 7) is 0.384. The molecule has 0 unspecified atom stereocenters. The number of rotatable bonds is 8. The molecule has 1 fully saturated rings. The van der Waals surface area contributed by atoms with E-state index in [0.717, 1.165) is 35.7 Å². The van der Waals surface area contributed by atoms with E-state index in [0.29, 0.717) is 16.3 Å². The van der Waals surface area contributed by atoms with Crippen molar-refractivity contribution < 1.29 is 14.4 Å². The number of hydrogen-bond donors (Lipinski definition) is 2. The maximum Gasteiger partial charge on any atom is 0.293 e. The minimum absolute atomic E-state index is 0.0893. The lowest BCUT2D eigenvalue weighted by molar-refractivity contribution is -0.124. The van der Waals surface area contributed by atoms with E-state index < -0.39 is 0 Å². The molecule has 3 aromatic rings.